The molecule has 0 saturated carbocycles. The van der Waals surface area contributed by atoms with Crippen molar-refractivity contribution in [2.24, 2.45) is 5.41 Å². The molecule has 1 spiro atoms. The van der Waals surface area contributed by atoms with Crippen molar-refractivity contribution in [2.45, 2.75) is 25.8 Å². The van der Waals surface area contributed by atoms with Crippen molar-refractivity contribution in [1.29, 1.82) is 0 Å². The molecule has 0 bridgehead atoms. The number of aromatic nitrogens is 4. The number of rotatable bonds is 4. The maximum absolute atomic E-state index is 13.0. The van der Waals surface area contributed by atoms with Crippen LogP contribution in [-0.4, -0.2) is 68.1 Å². The van der Waals surface area contributed by atoms with Crippen LogP contribution in [0, 0.1) is 5.41 Å². The van der Waals surface area contributed by atoms with Crippen molar-refractivity contribution in [1.82, 2.24) is 30.0 Å². The van der Waals surface area contributed by atoms with Crippen LogP contribution in [0.4, 0.5) is 10.5 Å². The maximum Gasteiger partial charge on any atom is 0.321 e. The largest absolute Gasteiger partial charge is 0.340 e. The van der Waals surface area contributed by atoms with Gasteiger partial charge in [0.1, 0.15) is 6.54 Å². The number of carbonyl (C=O) groups is 2. The number of carbonyl (C=O) groups excluding carboxylic acids is 2. The van der Waals surface area contributed by atoms with E-state index in [1.54, 1.807) is 0 Å². The van der Waals surface area contributed by atoms with Gasteiger partial charge in [0.25, 0.3) is 0 Å². The molecule has 3 amide bonds. The van der Waals surface area contributed by atoms with Gasteiger partial charge in [0.2, 0.25) is 11.7 Å². The molecule has 9 heteroatoms. The van der Waals surface area contributed by atoms with E-state index in [-0.39, 0.29) is 23.9 Å². The lowest BCUT2D eigenvalue weighted by molar-refractivity contribution is -0.131. The zero-order valence-electron chi connectivity index (χ0n) is 20.6. The second-order valence-corrected chi connectivity index (χ2v) is 10.0. The van der Waals surface area contributed by atoms with E-state index < -0.39 is 0 Å². The van der Waals surface area contributed by atoms with E-state index in [0.717, 1.165) is 47.8 Å². The van der Waals surface area contributed by atoms with E-state index in [1.807, 2.05) is 82.6 Å². The third-order valence-electron chi connectivity index (χ3n) is 7.70. The highest BCUT2D eigenvalue weighted by molar-refractivity contribution is 6.01. The molecule has 6 rings (SSSR count). The molecule has 2 fully saturated rings. The lowest BCUT2D eigenvalue weighted by Crippen LogP contribution is -2.46. The molecule has 1 aromatic heterocycles. The number of urea groups is 1. The average Bonchev–Trinajstić information content (AvgIpc) is 3.57. The molecule has 0 aliphatic carbocycles. The number of amides is 3. The third kappa shape index (κ3) is 4.76. The molecule has 0 atom stereocenters. The first kappa shape index (κ1) is 23.1. The SMILES string of the molecule is O=C(Cn1nnc(-c2ccccc2)n1)N1CCC2(CCN(C(=O)Nc3cccc4ccccc34)CC2)C1. The topological polar surface area (TPSA) is 96.2 Å². The summed E-state index contributed by atoms with van der Waals surface area (Å²) in [4.78, 5) is 31.2. The van der Waals surface area contributed by atoms with Gasteiger partial charge in [-0.25, -0.2) is 4.79 Å². The Kier molecular flexibility index (Phi) is 6.04. The number of fused-ring (bicyclic) bond motifs is 1. The molecule has 9 nitrogen and oxygen atoms in total. The van der Waals surface area contributed by atoms with Crippen LogP contribution in [0.25, 0.3) is 22.2 Å². The van der Waals surface area contributed by atoms with Gasteiger partial charge in [-0.05, 0) is 41.3 Å². The van der Waals surface area contributed by atoms with Gasteiger partial charge in [-0.3, -0.25) is 4.79 Å². The van der Waals surface area contributed by atoms with E-state index in [2.05, 4.69) is 20.7 Å². The average molecular weight is 496 g/mol. The smallest absolute Gasteiger partial charge is 0.321 e. The van der Waals surface area contributed by atoms with Gasteiger partial charge in [0.15, 0.2) is 0 Å². The fourth-order valence-electron chi connectivity index (χ4n) is 5.50. The molecule has 0 unspecified atom stereocenters. The molecule has 2 aliphatic heterocycles. The molecule has 1 N–H and O–H groups in total. The molecule has 188 valence electrons. The van der Waals surface area contributed by atoms with Gasteiger partial charge in [-0.2, -0.15) is 4.80 Å². The summed E-state index contributed by atoms with van der Waals surface area (Å²) in [5.74, 6) is 0.519. The maximum atomic E-state index is 13.0. The number of nitrogens with zero attached hydrogens (tertiary/aromatic N) is 6. The van der Waals surface area contributed by atoms with Crippen LogP contribution in [0.2, 0.25) is 0 Å². The summed E-state index contributed by atoms with van der Waals surface area (Å²) >= 11 is 0. The predicted molar refractivity (Wildman–Crippen MR) is 141 cm³/mol. The monoisotopic (exact) mass is 495 g/mol. The Morgan fingerprint density at radius 3 is 2.35 bits per heavy atom. The molecular weight excluding hydrogens is 466 g/mol. The molecular formula is C28H29N7O2. The van der Waals surface area contributed by atoms with Gasteiger partial charge >= 0.3 is 6.03 Å². The fraction of sp³-hybridized carbons (Fsp3) is 0.321. The highest BCUT2D eigenvalue weighted by atomic mass is 16.2. The molecule has 37 heavy (non-hydrogen) atoms. The van der Waals surface area contributed by atoms with Gasteiger partial charge in [-0.1, -0.05) is 66.7 Å². The minimum atomic E-state index is -0.0661. The van der Waals surface area contributed by atoms with Crippen LogP contribution in [0.3, 0.4) is 0 Å². The number of hydrogen-bond donors (Lipinski definition) is 1. The zero-order chi connectivity index (χ0) is 25.2. The predicted octanol–water partition coefficient (Wildman–Crippen LogP) is 4.04. The highest BCUT2D eigenvalue weighted by Gasteiger charge is 2.42. The van der Waals surface area contributed by atoms with Crippen LogP contribution >= 0.6 is 0 Å². The molecule has 2 saturated heterocycles. The van der Waals surface area contributed by atoms with Crippen LogP contribution in [0.5, 0.6) is 0 Å². The third-order valence-corrected chi connectivity index (χ3v) is 7.70. The quantitative estimate of drug-likeness (QED) is 0.461. The summed E-state index contributed by atoms with van der Waals surface area (Å²) in [7, 11) is 0. The van der Waals surface area contributed by atoms with Crippen LogP contribution in [0.1, 0.15) is 19.3 Å². The van der Waals surface area contributed by atoms with Crippen molar-refractivity contribution in [3.05, 3.63) is 72.8 Å². The van der Waals surface area contributed by atoms with E-state index >= 15 is 0 Å². The van der Waals surface area contributed by atoms with E-state index in [1.165, 1.54) is 4.80 Å². The van der Waals surface area contributed by atoms with Crippen molar-refractivity contribution >= 4 is 28.4 Å². The number of piperidine rings is 1. The standard InChI is InChI=1S/C28H29N7O2/c36-25(19-35-31-26(30-32-35)22-8-2-1-3-9-22)34-18-15-28(20-34)13-16-33(17-14-28)27(37)29-24-12-6-10-21-7-4-5-11-23(21)24/h1-12H,13-20H2,(H,29,37). The Labute approximate surface area is 215 Å². The Morgan fingerprint density at radius 1 is 0.838 bits per heavy atom. The van der Waals surface area contributed by atoms with Gasteiger partial charge < -0.3 is 15.1 Å². The van der Waals surface area contributed by atoms with Crippen LogP contribution in [0.15, 0.2) is 72.8 Å². The summed E-state index contributed by atoms with van der Waals surface area (Å²) in [6, 6.07) is 23.5. The Hall–Kier alpha value is -4.27. The van der Waals surface area contributed by atoms with Crippen molar-refractivity contribution < 1.29 is 9.59 Å². The number of benzene rings is 3. The van der Waals surface area contributed by atoms with E-state index in [4.69, 9.17) is 0 Å². The second kappa shape index (κ2) is 9.65. The summed E-state index contributed by atoms with van der Waals surface area (Å²) in [6.07, 6.45) is 2.73. The Bertz CT molecular complexity index is 1420. The van der Waals surface area contributed by atoms with Crippen LogP contribution < -0.4 is 5.32 Å². The summed E-state index contributed by atoms with van der Waals surface area (Å²) < 4.78 is 0. The molecule has 0 radical (unpaired) electrons. The second-order valence-electron chi connectivity index (χ2n) is 10.0. The minimum absolute atomic E-state index is 0.00464. The Morgan fingerprint density at radius 2 is 1.54 bits per heavy atom. The van der Waals surface area contributed by atoms with E-state index in [9.17, 15) is 9.59 Å². The molecule has 3 aromatic carbocycles. The van der Waals surface area contributed by atoms with Crippen molar-refractivity contribution in [3.8, 4) is 11.4 Å². The molecule has 4 aromatic rings. The zero-order valence-corrected chi connectivity index (χ0v) is 20.6. The number of anilines is 1. The summed E-state index contributed by atoms with van der Waals surface area (Å²) in [6.45, 7) is 2.88. The van der Waals surface area contributed by atoms with Gasteiger partial charge in [0, 0.05) is 37.1 Å². The molecule has 2 aliphatic rings. The molecule has 3 heterocycles. The van der Waals surface area contributed by atoms with Crippen molar-refractivity contribution in [2.75, 3.05) is 31.5 Å². The highest BCUT2D eigenvalue weighted by Crippen LogP contribution is 2.40. The summed E-state index contributed by atoms with van der Waals surface area (Å²) in [5, 5.41) is 17.8. The Balaban J connectivity index is 1.03. The minimum Gasteiger partial charge on any atom is -0.340 e. The number of nitrogens with one attached hydrogen (secondary N) is 1. The number of hydrogen-bond acceptors (Lipinski definition) is 5. The summed E-state index contributed by atoms with van der Waals surface area (Å²) in [5.41, 5.74) is 1.77. The van der Waals surface area contributed by atoms with Gasteiger partial charge in [-0.15, -0.1) is 10.2 Å². The normalized spacial score (nSPS) is 16.9. The van der Waals surface area contributed by atoms with Crippen molar-refractivity contribution in [3.63, 3.8) is 0 Å². The number of likely N-dealkylation sites (tertiary alicyclic amines) is 2. The number of tetrazole rings is 1. The van der Waals surface area contributed by atoms with Gasteiger partial charge in [0.05, 0.1) is 5.69 Å². The van der Waals surface area contributed by atoms with E-state index in [0.29, 0.717) is 25.5 Å². The lowest BCUT2D eigenvalue weighted by Gasteiger charge is -2.39. The fourth-order valence-corrected chi connectivity index (χ4v) is 5.50. The lowest BCUT2D eigenvalue weighted by atomic mass is 9.78. The van der Waals surface area contributed by atoms with Crippen LogP contribution in [-0.2, 0) is 11.3 Å². The first-order valence-electron chi connectivity index (χ1n) is 12.7. The first-order valence-corrected chi connectivity index (χ1v) is 12.7. The first-order chi connectivity index (χ1) is 18.1.